The van der Waals surface area contributed by atoms with Crippen LogP contribution in [0.1, 0.15) is 60.3 Å². The van der Waals surface area contributed by atoms with Gasteiger partial charge in [0.05, 0.1) is 0 Å². The maximum Gasteiger partial charge on any atom is 0.110 e. The number of rotatable bonds is 6. The average Bonchev–Trinajstić information content (AvgIpc) is 2.03. The van der Waals surface area contributed by atoms with Gasteiger partial charge in [-0.2, -0.15) is 0 Å². The molecule has 0 aromatic carbocycles. The third-order valence-corrected chi connectivity index (χ3v) is 2.94. The highest BCUT2D eigenvalue weighted by atomic mass is 19.1. The smallest absolute Gasteiger partial charge is 0.110 e. The van der Waals surface area contributed by atoms with Crippen LogP contribution in [-0.4, -0.2) is 5.67 Å². The Bertz CT molecular complexity index is 127. The first-order valence-electron chi connectivity index (χ1n) is 5.62. The quantitative estimate of drug-likeness (QED) is 0.572. The normalized spacial score (nSPS) is 18.7. The summed E-state index contributed by atoms with van der Waals surface area (Å²) in [6.45, 7) is 10.2. The van der Waals surface area contributed by atoms with E-state index in [1.54, 1.807) is 6.92 Å². The first kappa shape index (κ1) is 12.9. The van der Waals surface area contributed by atoms with Crippen LogP contribution in [0.2, 0.25) is 0 Å². The van der Waals surface area contributed by atoms with Gasteiger partial charge in [-0.15, -0.1) is 0 Å². The van der Waals surface area contributed by atoms with Gasteiger partial charge in [0, 0.05) is 0 Å². The Morgan fingerprint density at radius 3 is 2.08 bits per heavy atom. The summed E-state index contributed by atoms with van der Waals surface area (Å²) < 4.78 is 14.0. The third kappa shape index (κ3) is 4.64. The predicted molar refractivity (Wildman–Crippen MR) is 57.7 cm³/mol. The molecule has 0 aliphatic carbocycles. The maximum atomic E-state index is 14.0. The fourth-order valence-electron chi connectivity index (χ4n) is 1.87. The van der Waals surface area contributed by atoms with Crippen molar-refractivity contribution in [3.8, 4) is 0 Å². The molecule has 1 heteroatoms. The van der Waals surface area contributed by atoms with Crippen LogP contribution in [0, 0.1) is 11.8 Å². The van der Waals surface area contributed by atoms with Crippen molar-refractivity contribution in [3.05, 3.63) is 0 Å². The van der Waals surface area contributed by atoms with Gasteiger partial charge >= 0.3 is 0 Å². The summed E-state index contributed by atoms with van der Waals surface area (Å²) in [5.74, 6) is 0.862. The summed E-state index contributed by atoms with van der Waals surface area (Å²) in [5.41, 5.74) is -0.958. The van der Waals surface area contributed by atoms with Gasteiger partial charge in [-0.25, -0.2) is 4.39 Å². The third-order valence-electron chi connectivity index (χ3n) is 2.94. The van der Waals surface area contributed by atoms with Crippen molar-refractivity contribution in [1.29, 1.82) is 0 Å². The lowest BCUT2D eigenvalue weighted by molar-refractivity contribution is 0.0755. The van der Waals surface area contributed by atoms with Gasteiger partial charge in [0.1, 0.15) is 5.67 Å². The van der Waals surface area contributed by atoms with Crippen LogP contribution in [0.3, 0.4) is 0 Å². The summed E-state index contributed by atoms with van der Waals surface area (Å²) in [4.78, 5) is 0. The molecule has 13 heavy (non-hydrogen) atoms. The van der Waals surface area contributed by atoms with E-state index in [0.29, 0.717) is 12.3 Å². The van der Waals surface area contributed by atoms with Crippen molar-refractivity contribution in [3.63, 3.8) is 0 Å². The molecule has 0 aromatic heterocycles. The van der Waals surface area contributed by atoms with Crippen LogP contribution in [0.15, 0.2) is 0 Å². The van der Waals surface area contributed by atoms with Gasteiger partial charge in [0.2, 0.25) is 0 Å². The monoisotopic (exact) mass is 188 g/mol. The van der Waals surface area contributed by atoms with Crippen molar-refractivity contribution >= 4 is 0 Å². The second-order valence-corrected chi connectivity index (χ2v) is 4.75. The first-order chi connectivity index (χ1) is 5.94. The van der Waals surface area contributed by atoms with E-state index in [1.165, 1.54) is 0 Å². The molecule has 0 amide bonds. The van der Waals surface area contributed by atoms with Crippen molar-refractivity contribution in [2.75, 3.05) is 0 Å². The average molecular weight is 188 g/mol. The Labute approximate surface area is 82.9 Å². The number of alkyl halides is 1. The number of halogens is 1. The molecule has 80 valence electrons. The molecule has 0 radical (unpaired) electrons. The SMILES string of the molecule is CCCC(CC(C)C)C(C)(F)CC. The molecule has 0 aromatic rings. The topological polar surface area (TPSA) is 0 Å². The standard InChI is InChI=1S/C12H25F/c1-6-8-11(9-10(3)4)12(5,13)7-2/h10-11H,6-9H2,1-5H3. The molecule has 0 rings (SSSR count). The summed E-state index contributed by atoms with van der Waals surface area (Å²) in [7, 11) is 0. The molecule has 0 N–H and O–H groups in total. The zero-order chi connectivity index (χ0) is 10.5. The highest BCUT2D eigenvalue weighted by Crippen LogP contribution is 2.34. The lowest BCUT2D eigenvalue weighted by atomic mass is 9.80. The minimum absolute atomic E-state index is 0.252. The summed E-state index contributed by atoms with van der Waals surface area (Å²) in [6, 6.07) is 0. The van der Waals surface area contributed by atoms with E-state index in [4.69, 9.17) is 0 Å². The van der Waals surface area contributed by atoms with Gasteiger partial charge in [0.15, 0.2) is 0 Å². The second-order valence-electron chi connectivity index (χ2n) is 4.75. The van der Waals surface area contributed by atoms with Crippen LogP contribution >= 0.6 is 0 Å². The van der Waals surface area contributed by atoms with E-state index in [1.807, 2.05) is 6.92 Å². The second kappa shape index (κ2) is 5.62. The van der Waals surface area contributed by atoms with Crippen LogP contribution in [0.5, 0.6) is 0 Å². The zero-order valence-electron chi connectivity index (χ0n) is 9.86. The molecule has 2 unspecified atom stereocenters. The Balaban J connectivity index is 4.22. The Morgan fingerprint density at radius 2 is 1.77 bits per heavy atom. The fraction of sp³-hybridized carbons (Fsp3) is 1.00. The lowest BCUT2D eigenvalue weighted by Gasteiger charge is -2.30. The molecule has 0 nitrogen and oxygen atoms in total. The maximum absolute atomic E-state index is 14.0. The fourth-order valence-corrected chi connectivity index (χ4v) is 1.87. The van der Waals surface area contributed by atoms with E-state index in [2.05, 4.69) is 20.8 Å². The van der Waals surface area contributed by atoms with Gasteiger partial charge in [-0.3, -0.25) is 0 Å². The minimum atomic E-state index is -0.958. The molecule has 0 fully saturated rings. The van der Waals surface area contributed by atoms with Crippen molar-refractivity contribution in [2.24, 2.45) is 11.8 Å². The van der Waals surface area contributed by atoms with Crippen LogP contribution in [0.25, 0.3) is 0 Å². The summed E-state index contributed by atoms with van der Waals surface area (Å²) >= 11 is 0. The molecule has 0 spiro atoms. The molecule has 0 saturated heterocycles. The predicted octanol–water partition coefficient (Wildman–Crippen LogP) is 4.59. The minimum Gasteiger partial charge on any atom is -0.244 e. The number of hydrogen-bond donors (Lipinski definition) is 0. The highest BCUT2D eigenvalue weighted by molar-refractivity contribution is 4.81. The Hall–Kier alpha value is -0.0700. The molecule has 0 bridgehead atoms. The Morgan fingerprint density at radius 1 is 1.23 bits per heavy atom. The van der Waals surface area contributed by atoms with Crippen molar-refractivity contribution in [2.45, 2.75) is 66.0 Å². The molecule has 2 atom stereocenters. The first-order valence-corrected chi connectivity index (χ1v) is 5.62. The summed E-state index contributed by atoms with van der Waals surface area (Å²) in [6.07, 6.45) is 3.79. The molecule has 0 heterocycles. The highest BCUT2D eigenvalue weighted by Gasteiger charge is 2.31. The molecular weight excluding hydrogens is 163 g/mol. The molecule has 0 aliphatic rings. The van der Waals surface area contributed by atoms with Crippen molar-refractivity contribution in [1.82, 2.24) is 0 Å². The van der Waals surface area contributed by atoms with E-state index >= 15 is 0 Å². The Kier molecular flexibility index (Phi) is 5.59. The van der Waals surface area contributed by atoms with Crippen molar-refractivity contribution < 1.29 is 4.39 Å². The van der Waals surface area contributed by atoms with E-state index < -0.39 is 5.67 Å². The van der Waals surface area contributed by atoms with Gasteiger partial charge < -0.3 is 0 Å². The van der Waals surface area contributed by atoms with Crippen LogP contribution in [0.4, 0.5) is 4.39 Å². The van der Waals surface area contributed by atoms with E-state index in [-0.39, 0.29) is 5.92 Å². The largest absolute Gasteiger partial charge is 0.244 e. The zero-order valence-corrected chi connectivity index (χ0v) is 9.86. The van der Waals surface area contributed by atoms with Crippen LogP contribution < -0.4 is 0 Å². The molecule has 0 saturated carbocycles. The van der Waals surface area contributed by atoms with E-state index in [0.717, 1.165) is 19.3 Å². The van der Waals surface area contributed by atoms with Gasteiger partial charge in [0.25, 0.3) is 0 Å². The molecule has 0 aliphatic heterocycles. The van der Waals surface area contributed by atoms with Gasteiger partial charge in [-0.1, -0.05) is 34.1 Å². The summed E-state index contributed by atoms with van der Waals surface area (Å²) in [5, 5.41) is 0. The molecular formula is C12H25F. The van der Waals surface area contributed by atoms with Crippen LogP contribution in [-0.2, 0) is 0 Å². The lowest BCUT2D eigenvalue weighted by Crippen LogP contribution is -2.30. The van der Waals surface area contributed by atoms with Gasteiger partial charge in [-0.05, 0) is 38.0 Å². The number of hydrogen-bond acceptors (Lipinski definition) is 0. The van der Waals surface area contributed by atoms with E-state index in [9.17, 15) is 4.39 Å².